The molecule has 106 valence electrons. The molecule has 1 aliphatic carbocycles. The number of halogens is 1. The van der Waals surface area contributed by atoms with Crippen LogP contribution in [0.25, 0.3) is 0 Å². The molecule has 1 fully saturated rings. The molecule has 0 aliphatic heterocycles. The van der Waals surface area contributed by atoms with Gasteiger partial charge in [-0.15, -0.1) is 0 Å². The minimum absolute atomic E-state index is 0.0782. The van der Waals surface area contributed by atoms with Gasteiger partial charge in [-0.25, -0.2) is 8.42 Å². The van der Waals surface area contributed by atoms with Crippen LogP contribution in [0.2, 0.25) is 0 Å². The van der Waals surface area contributed by atoms with Crippen LogP contribution >= 0.6 is 15.9 Å². The standard InChI is InChI=1S/C15H21BrO2S/c16-12-15(10-6-1-2-7-11-15)13-19(17,18)14-8-4-3-5-9-14/h3-5,8-9H,1-2,6-7,10-13H2. The van der Waals surface area contributed by atoms with Crippen LogP contribution in [-0.4, -0.2) is 19.5 Å². The maximum atomic E-state index is 12.6. The van der Waals surface area contributed by atoms with Crippen molar-refractivity contribution in [2.24, 2.45) is 5.41 Å². The Hall–Kier alpha value is -0.350. The van der Waals surface area contributed by atoms with Crippen LogP contribution in [0.15, 0.2) is 35.2 Å². The molecule has 0 aromatic heterocycles. The normalized spacial score (nSPS) is 19.8. The third-order valence-electron chi connectivity index (χ3n) is 4.05. The number of rotatable bonds is 4. The first-order valence-corrected chi connectivity index (χ1v) is 9.69. The Morgan fingerprint density at radius 2 is 1.58 bits per heavy atom. The van der Waals surface area contributed by atoms with Crippen LogP contribution in [0.3, 0.4) is 0 Å². The summed E-state index contributed by atoms with van der Waals surface area (Å²) in [4.78, 5) is 0.458. The fraction of sp³-hybridized carbons (Fsp3) is 0.600. The van der Waals surface area contributed by atoms with Crippen LogP contribution in [0.5, 0.6) is 0 Å². The smallest absolute Gasteiger partial charge is 0.178 e. The predicted octanol–water partition coefficient (Wildman–Crippen LogP) is 4.20. The lowest BCUT2D eigenvalue weighted by atomic mass is 9.85. The van der Waals surface area contributed by atoms with E-state index in [1.54, 1.807) is 24.3 Å². The second-order valence-electron chi connectivity index (χ2n) is 5.62. The summed E-state index contributed by atoms with van der Waals surface area (Å²) in [5.41, 5.74) is -0.0782. The van der Waals surface area contributed by atoms with Gasteiger partial charge in [0.25, 0.3) is 0 Å². The minimum atomic E-state index is -3.18. The molecular weight excluding hydrogens is 324 g/mol. The average Bonchev–Trinajstić information content (AvgIpc) is 2.65. The van der Waals surface area contributed by atoms with Crippen molar-refractivity contribution in [3.8, 4) is 0 Å². The first-order chi connectivity index (χ1) is 9.08. The van der Waals surface area contributed by atoms with Gasteiger partial charge in [0.2, 0.25) is 0 Å². The maximum Gasteiger partial charge on any atom is 0.178 e. The summed E-state index contributed by atoms with van der Waals surface area (Å²) in [5.74, 6) is 0.273. The molecule has 0 spiro atoms. The molecule has 2 nitrogen and oxygen atoms in total. The third kappa shape index (κ3) is 3.82. The monoisotopic (exact) mass is 344 g/mol. The second-order valence-corrected chi connectivity index (χ2v) is 8.17. The highest BCUT2D eigenvalue weighted by Crippen LogP contribution is 2.39. The molecule has 0 radical (unpaired) electrons. The number of alkyl halides is 1. The lowest BCUT2D eigenvalue weighted by molar-refractivity contribution is 0.327. The number of hydrogen-bond donors (Lipinski definition) is 0. The largest absolute Gasteiger partial charge is 0.224 e. The Kier molecular flexibility index (Phi) is 5.07. The van der Waals surface area contributed by atoms with Crippen LogP contribution in [-0.2, 0) is 9.84 Å². The minimum Gasteiger partial charge on any atom is -0.224 e. The van der Waals surface area contributed by atoms with Crippen molar-refractivity contribution in [2.45, 2.75) is 43.4 Å². The molecule has 0 unspecified atom stereocenters. The number of benzene rings is 1. The molecule has 1 saturated carbocycles. The summed E-state index contributed by atoms with van der Waals surface area (Å²) in [7, 11) is -3.18. The molecule has 1 aromatic rings. The fourth-order valence-electron chi connectivity index (χ4n) is 2.91. The van der Waals surface area contributed by atoms with E-state index in [4.69, 9.17) is 0 Å². The molecule has 0 bridgehead atoms. The average molecular weight is 345 g/mol. The van der Waals surface area contributed by atoms with Crippen LogP contribution < -0.4 is 0 Å². The summed E-state index contributed by atoms with van der Waals surface area (Å²) < 4.78 is 25.1. The Bertz CT molecular complexity index is 488. The van der Waals surface area contributed by atoms with E-state index in [1.807, 2.05) is 6.07 Å². The molecule has 0 amide bonds. The van der Waals surface area contributed by atoms with Gasteiger partial charge in [-0.2, -0.15) is 0 Å². The predicted molar refractivity (Wildman–Crippen MR) is 82.4 cm³/mol. The van der Waals surface area contributed by atoms with Crippen LogP contribution in [0, 0.1) is 5.41 Å². The zero-order valence-corrected chi connectivity index (χ0v) is 13.5. The second kappa shape index (κ2) is 6.40. The number of hydrogen-bond acceptors (Lipinski definition) is 2. The topological polar surface area (TPSA) is 34.1 Å². The summed E-state index contributed by atoms with van der Waals surface area (Å²) in [6.45, 7) is 0. The molecule has 1 aromatic carbocycles. The summed E-state index contributed by atoms with van der Waals surface area (Å²) in [6.07, 6.45) is 6.81. The highest BCUT2D eigenvalue weighted by atomic mass is 79.9. The van der Waals surface area contributed by atoms with Gasteiger partial charge in [0.15, 0.2) is 9.84 Å². The van der Waals surface area contributed by atoms with Crippen LogP contribution in [0.1, 0.15) is 38.5 Å². The Morgan fingerprint density at radius 1 is 1.00 bits per heavy atom. The van der Waals surface area contributed by atoms with E-state index in [0.29, 0.717) is 4.90 Å². The molecule has 0 saturated heterocycles. The van der Waals surface area contributed by atoms with Gasteiger partial charge in [0, 0.05) is 5.33 Å². The number of sulfone groups is 1. The van der Waals surface area contributed by atoms with E-state index >= 15 is 0 Å². The molecule has 4 heteroatoms. The van der Waals surface area contributed by atoms with Gasteiger partial charge in [-0.1, -0.05) is 59.8 Å². The molecule has 1 aliphatic rings. The van der Waals surface area contributed by atoms with Crippen molar-refractivity contribution in [3.63, 3.8) is 0 Å². The Balaban J connectivity index is 2.22. The first kappa shape index (κ1) is 15.0. The van der Waals surface area contributed by atoms with E-state index in [9.17, 15) is 8.42 Å². The van der Waals surface area contributed by atoms with Crippen molar-refractivity contribution < 1.29 is 8.42 Å². The van der Waals surface area contributed by atoms with Gasteiger partial charge in [0.1, 0.15) is 0 Å². The highest BCUT2D eigenvalue weighted by molar-refractivity contribution is 9.09. The summed E-state index contributed by atoms with van der Waals surface area (Å²) >= 11 is 3.56. The van der Waals surface area contributed by atoms with Crippen molar-refractivity contribution >= 4 is 25.8 Å². The fourth-order valence-corrected chi connectivity index (χ4v) is 5.87. The maximum absolute atomic E-state index is 12.6. The molecule has 0 N–H and O–H groups in total. The summed E-state index contributed by atoms with van der Waals surface area (Å²) in [6, 6.07) is 8.84. The summed E-state index contributed by atoms with van der Waals surface area (Å²) in [5, 5.41) is 0.784. The zero-order chi connectivity index (χ0) is 13.8. The van der Waals surface area contributed by atoms with E-state index < -0.39 is 9.84 Å². The molecule has 0 heterocycles. The SMILES string of the molecule is O=S(=O)(CC1(CBr)CCCCCC1)c1ccccc1. The first-order valence-electron chi connectivity index (χ1n) is 6.92. The van der Waals surface area contributed by atoms with E-state index in [-0.39, 0.29) is 11.2 Å². The van der Waals surface area contributed by atoms with E-state index in [1.165, 1.54) is 12.8 Å². The van der Waals surface area contributed by atoms with Crippen molar-refractivity contribution in [2.75, 3.05) is 11.1 Å². The van der Waals surface area contributed by atoms with Crippen molar-refractivity contribution in [1.82, 2.24) is 0 Å². The lowest BCUT2D eigenvalue weighted by Gasteiger charge is -2.30. The van der Waals surface area contributed by atoms with Gasteiger partial charge in [-0.05, 0) is 30.4 Å². The van der Waals surface area contributed by atoms with Gasteiger partial charge in [-0.3, -0.25) is 0 Å². The molecule has 0 atom stereocenters. The van der Waals surface area contributed by atoms with Crippen molar-refractivity contribution in [3.05, 3.63) is 30.3 Å². The molecule has 19 heavy (non-hydrogen) atoms. The van der Waals surface area contributed by atoms with Gasteiger partial charge < -0.3 is 0 Å². The highest BCUT2D eigenvalue weighted by Gasteiger charge is 2.35. The van der Waals surface area contributed by atoms with Crippen LogP contribution in [0.4, 0.5) is 0 Å². The van der Waals surface area contributed by atoms with Gasteiger partial charge >= 0.3 is 0 Å². The Morgan fingerprint density at radius 3 is 2.11 bits per heavy atom. The molecule has 2 rings (SSSR count). The van der Waals surface area contributed by atoms with Gasteiger partial charge in [0.05, 0.1) is 10.6 Å². The lowest BCUT2D eigenvalue weighted by Crippen LogP contribution is -2.31. The van der Waals surface area contributed by atoms with Crippen molar-refractivity contribution in [1.29, 1.82) is 0 Å². The quantitative estimate of drug-likeness (QED) is 0.606. The van der Waals surface area contributed by atoms with E-state index in [0.717, 1.165) is 31.0 Å². The third-order valence-corrected chi connectivity index (χ3v) is 7.22. The van der Waals surface area contributed by atoms with E-state index in [2.05, 4.69) is 15.9 Å². The molecular formula is C15H21BrO2S. The zero-order valence-electron chi connectivity index (χ0n) is 11.1. The Labute approximate surface area is 124 Å².